The highest BCUT2D eigenvalue weighted by molar-refractivity contribution is 5.80. The van der Waals surface area contributed by atoms with Crippen LogP contribution in [0.25, 0.3) is 16.7 Å². The molecule has 2 aromatic heterocycles. The van der Waals surface area contributed by atoms with E-state index in [1.54, 1.807) is 27.7 Å². The topological polar surface area (TPSA) is 68.9 Å². The fraction of sp³-hybridized carbons (Fsp3) is 0.208. The number of benzene rings is 2. The van der Waals surface area contributed by atoms with E-state index in [-0.39, 0.29) is 18.0 Å². The van der Waals surface area contributed by atoms with Gasteiger partial charge < -0.3 is 5.32 Å². The highest BCUT2D eigenvalue weighted by Crippen LogP contribution is 2.15. The van der Waals surface area contributed by atoms with Crippen molar-refractivity contribution in [1.29, 1.82) is 0 Å². The minimum atomic E-state index is -0.177. The minimum Gasteiger partial charge on any atom is -0.354 e. The Balaban J connectivity index is 1.62. The monoisotopic (exact) mass is 400 g/mol. The fourth-order valence-electron chi connectivity index (χ4n) is 3.58. The third kappa shape index (κ3) is 4.03. The number of nitrogens with one attached hydrogen (secondary N) is 1. The first kappa shape index (κ1) is 19.6. The van der Waals surface area contributed by atoms with Crippen LogP contribution in [0.4, 0.5) is 0 Å². The van der Waals surface area contributed by atoms with Gasteiger partial charge in [-0.05, 0) is 48.2 Å². The molecule has 0 unspecified atom stereocenters. The van der Waals surface area contributed by atoms with E-state index in [2.05, 4.69) is 17.2 Å². The smallest absolute Gasteiger partial charge is 0.280 e. The van der Waals surface area contributed by atoms with Crippen LogP contribution in [0.15, 0.2) is 77.7 Å². The van der Waals surface area contributed by atoms with Gasteiger partial charge >= 0.3 is 0 Å². The number of aryl methyl sites for hydroxylation is 1. The van der Waals surface area contributed by atoms with Crippen molar-refractivity contribution in [1.82, 2.24) is 19.7 Å². The molecule has 0 aliphatic carbocycles. The van der Waals surface area contributed by atoms with Crippen LogP contribution >= 0.6 is 0 Å². The standard InChI is InChI=1S/C24H24N4O2/c1-2-18-10-6-11-20(16-18)28-24(30)21-12-7-14-26-23(21)27(28)17-22(29)25-15-13-19-8-4-3-5-9-19/h3-12,14,16H,2,13,15,17H2,1H3,(H,25,29). The lowest BCUT2D eigenvalue weighted by Crippen LogP contribution is -2.32. The zero-order valence-corrected chi connectivity index (χ0v) is 16.9. The van der Waals surface area contributed by atoms with Crippen molar-refractivity contribution < 1.29 is 4.79 Å². The number of rotatable bonds is 7. The van der Waals surface area contributed by atoms with Crippen molar-refractivity contribution in [2.45, 2.75) is 26.3 Å². The van der Waals surface area contributed by atoms with E-state index in [1.807, 2.05) is 54.6 Å². The van der Waals surface area contributed by atoms with E-state index < -0.39 is 0 Å². The molecule has 0 spiro atoms. The molecule has 4 aromatic rings. The van der Waals surface area contributed by atoms with Gasteiger partial charge in [0.1, 0.15) is 6.54 Å². The summed E-state index contributed by atoms with van der Waals surface area (Å²) in [6.45, 7) is 2.62. The summed E-state index contributed by atoms with van der Waals surface area (Å²) in [5, 5.41) is 3.45. The van der Waals surface area contributed by atoms with Crippen LogP contribution in [0.2, 0.25) is 0 Å². The van der Waals surface area contributed by atoms with Crippen molar-refractivity contribution >= 4 is 16.9 Å². The zero-order chi connectivity index (χ0) is 20.9. The number of carbonyl (C=O) groups excluding carboxylic acids is 1. The maximum absolute atomic E-state index is 13.1. The molecular formula is C24H24N4O2. The van der Waals surface area contributed by atoms with Gasteiger partial charge in [0, 0.05) is 12.7 Å². The lowest BCUT2D eigenvalue weighted by atomic mass is 10.1. The maximum atomic E-state index is 13.1. The van der Waals surface area contributed by atoms with E-state index in [1.165, 1.54) is 5.56 Å². The summed E-state index contributed by atoms with van der Waals surface area (Å²) >= 11 is 0. The molecule has 6 heteroatoms. The normalized spacial score (nSPS) is 11.0. The van der Waals surface area contributed by atoms with E-state index >= 15 is 0 Å². The number of hydrogen-bond donors (Lipinski definition) is 1. The second-order valence-corrected chi connectivity index (χ2v) is 7.16. The van der Waals surface area contributed by atoms with E-state index in [0.29, 0.717) is 17.6 Å². The summed E-state index contributed by atoms with van der Waals surface area (Å²) in [4.78, 5) is 30.2. The van der Waals surface area contributed by atoms with Gasteiger partial charge in [-0.2, -0.15) is 0 Å². The Labute approximate surface area is 174 Å². The summed E-state index contributed by atoms with van der Waals surface area (Å²) in [6.07, 6.45) is 3.25. The number of pyridine rings is 1. The SMILES string of the molecule is CCc1cccc(-n2c(=O)c3cccnc3n2CC(=O)NCCc2ccccc2)c1. The van der Waals surface area contributed by atoms with Crippen LogP contribution in [-0.4, -0.2) is 26.8 Å². The average molecular weight is 400 g/mol. The Kier molecular flexibility index (Phi) is 5.75. The molecule has 0 atom stereocenters. The first-order valence-electron chi connectivity index (χ1n) is 10.1. The Hall–Kier alpha value is -3.67. The van der Waals surface area contributed by atoms with E-state index in [4.69, 9.17) is 0 Å². The molecule has 152 valence electrons. The van der Waals surface area contributed by atoms with Crippen molar-refractivity contribution in [3.05, 3.63) is 94.4 Å². The Morgan fingerprint density at radius 2 is 1.80 bits per heavy atom. The van der Waals surface area contributed by atoms with Crippen molar-refractivity contribution in [2.75, 3.05) is 6.54 Å². The molecule has 0 radical (unpaired) electrons. The third-order valence-electron chi connectivity index (χ3n) is 5.13. The first-order chi connectivity index (χ1) is 14.7. The lowest BCUT2D eigenvalue weighted by molar-refractivity contribution is -0.121. The quantitative estimate of drug-likeness (QED) is 0.518. The fourth-order valence-corrected chi connectivity index (χ4v) is 3.58. The number of amides is 1. The van der Waals surface area contributed by atoms with Gasteiger partial charge in [-0.1, -0.05) is 49.4 Å². The van der Waals surface area contributed by atoms with Crippen LogP contribution in [0.5, 0.6) is 0 Å². The Bertz CT molecular complexity index is 1220. The number of aromatic nitrogens is 3. The molecule has 4 rings (SSSR count). The molecule has 1 amide bonds. The Morgan fingerprint density at radius 3 is 2.60 bits per heavy atom. The number of nitrogens with zero attached hydrogens (tertiary/aromatic N) is 3. The van der Waals surface area contributed by atoms with Gasteiger partial charge in [0.25, 0.3) is 5.56 Å². The number of hydrogen-bond acceptors (Lipinski definition) is 3. The lowest BCUT2D eigenvalue weighted by Gasteiger charge is -2.13. The van der Waals surface area contributed by atoms with Crippen molar-refractivity contribution in [2.24, 2.45) is 0 Å². The molecule has 30 heavy (non-hydrogen) atoms. The van der Waals surface area contributed by atoms with Gasteiger partial charge in [0.2, 0.25) is 5.91 Å². The van der Waals surface area contributed by atoms with E-state index in [0.717, 1.165) is 24.1 Å². The summed E-state index contributed by atoms with van der Waals surface area (Å²) in [7, 11) is 0. The van der Waals surface area contributed by atoms with Crippen LogP contribution in [0.3, 0.4) is 0 Å². The summed E-state index contributed by atoms with van der Waals surface area (Å²) in [5.74, 6) is -0.158. The molecule has 2 aromatic carbocycles. The molecule has 1 N–H and O–H groups in total. The predicted octanol–water partition coefficient (Wildman–Crippen LogP) is 3.11. The van der Waals surface area contributed by atoms with Crippen LogP contribution in [0.1, 0.15) is 18.1 Å². The van der Waals surface area contributed by atoms with E-state index in [9.17, 15) is 9.59 Å². The van der Waals surface area contributed by atoms with Crippen molar-refractivity contribution in [3.8, 4) is 5.69 Å². The molecule has 0 fully saturated rings. The molecule has 0 aliphatic rings. The average Bonchev–Trinajstić information content (AvgIpc) is 3.06. The largest absolute Gasteiger partial charge is 0.354 e. The molecule has 0 aliphatic heterocycles. The molecule has 0 bridgehead atoms. The summed E-state index contributed by atoms with van der Waals surface area (Å²) < 4.78 is 3.21. The minimum absolute atomic E-state index is 0.0148. The van der Waals surface area contributed by atoms with Gasteiger partial charge in [-0.3, -0.25) is 14.3 Å². The highest BCUT2D eigenvalue weighted by Gasteiger charge is 2.17. The number of fused-ring (bicyclic) bond motifs is 1. The van der Waals surface area contributed by atoms with Gasteiger partial charge in [-0.25, -0.2) is 9.67 Å². The molecule has 0 saturated carbocycles. The second-order valence-electron chi connectivity index (χ2n) is 7.16. The van der Waals surface area contributed by atoms with Gasteiger partial charge in [0.15, 0.2) is 5.65 Å². The zero-order valence-electron chi connectivity index (χ0n) is 16.9. The van der Waals surface area contributed by atoms with Crippen LogP contribution in [0, 0.1) is 0 Å². The molecule has 6 nitrogen and oxygen atoms in total. The second kappa shape index (κ2) is 8.78. The molecule has 0 saturated heterocycles. The van der Waals surface area contributed by atoms with Gasteiger partial charge in [-0.15, -0.1) is 0 Å². The van der Waals surface area contributed by atoms with Gasteiger partial charge in [0.05, 0.1) is 11.1 Å². The van der Waals surface area contributed by atoms with Crippen LogP contribution < -0.4 is 10.9 Å². The summed E-state index contributed by atoms with van der Waals surface area (Å²) in [5.41, 5.74) is 3.34. The highest BCUT2D eigenvalue weighted by atomic mass is 16.2. The number of carbonyl (C=O) groups is 1. The third-order valence-corrected chi connectivity index (χ3v) is 5.13. The predicted molar refractivity (Wildman–Crippen MR) is 118 cm³/mol. The van der Waals surface area contributed by atoms with Crippen molar-refractivity contribution in [3.63, 3.8) is 0 Å². The summed E-state index contributed by atoms with van der Waals surface area (Å²) in [6, 6.07) is 21.3. The van der Waals surface area contributed by atoms with Crippen LogP contribution in [-0.2, 0) is 24.2 Å². The maximum Gasteiger partial charge on any atom is 0.280 e. The molecule has 2 heterocycles. The molecular weight excluding hydrogens is 376 g/mol. The first-order valence-corrected chi connectivity index (χ1v) is 10.1. The Morgan fingerprint density at radius 1 is 1.00 bits per heavy atom.